The highest BCUT2D eigenvalue weighted by molar-refractivity contribution is 5.97. The van der Waals surface area contributed by atoms with Crippen molar-refractivity contribution in [1.29, 1.82) is 0 Å². The van der Waals surface area contributed by atoms with Gasteiger partial charge in [-0.15, -0.1) is 0 Å². The molecule has 124 valence electrons. The molecule has 0 saturated carbocycles. The normalized spacial score (nSPS) is 9.92. The maximum absolute atomic E-state index is 12.0. The van der Waals surface area contributed by atoms with Crippen LogP contribution in [-0.4, -0.2) is 31.4 Å². The van der Waals surface area contributed by atoms with Gasteiger partial charge in [0.15, 0.2) is 12.4 Å². The number of ketones is 1. The Balaban J connectivity index is 1.91. The van der Waals surface area contributed by atoms with Crippen molar-refractivity contribution >= 4 is 23.3 Å². The standard InChI is InChI=1S/C18H17NO5/c1-12(20)13-7-9-14(10-8-13)19-17(21)11-24-18(22)15-5-3-4-6-16(15)23-2/h3-10H,11H2,1-2H3,(H,19,21). The third-order valence-corrected chi connectivity index (χ3v) is 3.24. The fourth-order valence-corrected chi connectivity index (χ4v) is 2.01. The lowest BCUT2D eigenvalue weighted by Gasteiger charge is -2.09. The Morgan fingerprint density at radius 1 is 1.00 bits per heavy atom. The van der Waals surface area contributed by atoms with Gasteiger partial charge in [-0.3, -0.25) is 9.59 Å². The maximum atomic E-state index is 12.0. The van der Waals surface area contributed by atoms with Crippen LogP contribution < -0.4 is 10.1 Å². The maximum Gasteiger partial charge on any atom is 0.342 e. The second kappa shape index (κ2) is 7.92. The molecule has 0 spiro atoms. The van der Waals surface area contributed by atoms with Gasteiger partial charge in [-0.2, -0.15) is 0 Å². The second-order valence-corrected chi connectivity index (χ2v) is 4.96. The average Bonchev–Trinajstić information content (AvgIpc) is 2.60. The largest absolute Gasteiger partial charge is 0.496 e. The molecule has 2 aromatic rings. The van der Waals surface area contributed by atoms with Gasteiger partial charge in [-0.1, -0.05) is 12.1 Å². The molecule has 6 heteroatoms. The number of hydrogen-bond acceptors (Lipinski definition) is 5. The summed E-state index contributed by atoms with van der Waals surface area (Å²) in [7, 11) is 1.45. The summed E-state index contributed by atoms with van der Waals surface area (Å²) in [5, 5.41) is 2.58. The van der Waals surface area contributed by atoms with Crippen LogP contribution in [0.15, 0.2) is 48.5 Å². The van der Waals surface area contributed by atoms with Crippen LogP contribution in [0.25, 0.3) is 0 Å². The Morgan fingerprint density at radius 2 is 1.67 bits per heavy atom. The summed E-state index contributed by atoms with van der Waals surface area (Å²) in [6.07, 6.45) is 0. The molecule has 1 amide bonds. The van der Waals surface area contributed by atoms with Crippen LogP contribution in [0.2, 0.25) is 0 Å². The zero-order chi connectivity index (χ0) is 17.5. The van der Waals surface area contributed by atoms with Crippen LogP contribution >= 0.6 is 0 Å². The molecule has 0 heterocycles. The first-order valence-corrected chi connectivity index (χ1v) is 7.22. The van der Waals surface area contributed by atoms with Gasteiger partial charge in [0, 0.05) is 11.3 Å². The fraction of sp³-hybridized carbons (Fsp3) is 0.167. The molecule has 24 heavy (non-hydrogen) atoms. The number of benzene rings is 2. The molecule has 0 saturated heterocycles. The quantitative estimate of drug-likeness (QED) is 0.651. The number of amides is 1. The summed E-state index contributed by atoms with van der Waals surface area (Å²) in [5.41, 5.74) is 1.31. The van der Waals surface area contributed by atoms with Crippen LogP contribution in [0.3, 0.4) is 0 Å². The topological polar surface area (TPSA) is 81.7 Å². The van der Waals surface area contributed by atoms with Crippen molar-refractivity contribution in [2.75, 3.05) is 19.0 Å². The third-order valence-electron chi connectivity index (χ3n) is 3.24. The summed E-state index contributed by atoms with van der Waals surface area (Å²) in [6.45, 7) is 1.04. The highest BCUT2D eigenvalue weighted by Crippen LogP contribution is 2.18. The number of ether oxygens (including phenoxy) is 2. The van der Waals surface area contributed by atoms with Gasteiger partial charge in [-0.25, -0.2) is 4.79 Å². The molecule has 0 aliphatic carbocycles. The third kappa shape index (κ3) is 4.42. The molecule has 0 radical (unpaired) electrons. The van der Waals surface area contributed by atoms with Crippen molar-refractivity contribution in [3.63, 3.8) is 0 Å². The summed E-state index contributed by atoms with van der Waals surface area (Å²) in [4.78, 5) is 35.0. The van der Waals surface area contributed by atoms with E-state index >= 15 is 0 Å². The monoisotopic (exact) mass is 327 g/mol. The Kier molecular flexibility index (Phi) is 5.68. The first-order chi connectivity index (χ1) is 11.5. The number of anilines is 1. The van der Waals surface area contributed by atoms with Crippen molar-refractivity contribution in [1.82, 2.24) is 0 Å². The molecular weight excluding hydrogens is 310 g/mol. The summed E-state index contributed by atoms with van der Waals surface area (Å²) < 4.78 is 10.1. The number of nitrogens with one attached hydrogen (secondary N) is 1. The molecule has 0 aliphatic heterocycles. The van der Waals surface area contributed by atoms with Gasteiger partial charge in [0.05, 0.1) is 7.11 Å². The van der Waals surface area contributed by atoms with E-state index in [1.807, 2.05) is 0 Å². The van der Waals surface area contributed by atoms with Crippen LogP contribution in [-0.2, 0) is 9.53 Å². The van der Waals surface area contributed by atoms with Crippen molar-refractivity contribution in [3.05, 3.63) is 59.7 Å². The van der Waals surface area contributed by atoms with E-state index in [0.717, 1.165) is 0 Å². The minimum atomic E-state index is -0.644. The highest BCUT2D eigenvalue weighted by atomic mass is 16.5. The van der Waals surface area contributed by atoms with Crippen LogP contribution in [0.1, 0.15) is 27.6 Å². The van der Waals surface area contributed by atoms with Crippen LogP contribution in [0.5, 0.6) is 5.75 Å². The van der Waals surface area contributed by atoms with Gasteiger partial charge in [0.25, 0.3) is 5.91 Å². The smallest absolute Gasteiger partial charge is 0.342 e. The van der Waals surface area contributed by atoms with E-state index in [9.17, 15) is 14.4 Å². The van der Waals surface area contributed by atoms with E-state index in [4.69, 9.17) is 9.47 Å². The lowest BCUT2D eigenvalue weighted by atomic mass is 10.1. The molecule has 0 fully saturated rings. The zero-order valence-corrected chi connectivity index (χ0v) is 13.4. The van der Waals surface area contributed by atoms with Crippen molar-refractivity contribution in [2.45, 2.75) is 6.92 Å². The van der Waals surface area contributed by atoms with E-state index in [1.165, 1.54) is 14.0 Å². The molecule has 2 rings (SSSR count). The van der Waals surface area contributed by atoms with Gasteiger partial charge in [0.1, 0.15) is 11.3 Å². The number of esters is 1. The average molecular weight is 327 g/mol. The van der Waals surface area contributed by atoms with E-state index in [0.29, 0.717) is 17.0 Å². The Labute approximate surface area is 139 Å². The summed E-state index contributed by atoms with van der Waals surface area (Å²) in [6, 6.07) is 13.0. The molecule has 0 bridgehead atoms. The van der Waals surface area contributed by atoms with E-state index in [1.54, 1.807) is 48.5 Å². The fourth-order valence-electron chi connectivity index (χ4n) is 2.01. The number of methoxy groups -OCH3 is 1. The second-order valence-electron chi connectivity index (χ2n) is 4.96. The van der Waals surface area contributed by atoms with Crippen LogP contribution in [0, 0.1) is 0 Å². The van der Waals surface area contributed by atoms with E-state index in [-0.39, 0.29) is 11.3 Å². The number of Topliss-reactive ketones (excluding diaryl/α,β-unsaturated/α-hetero) is 1. The first kappa shape index (κ1) is 17.2. The first-order valence-electron chi connectivity index (χ1n) is 7.22. The zero-order valence-electron chi connectivity index (χ0n) is 13.4. The SMILES string of the molecule is COc1ccccc1C(=O)OCC(=O)Nc1ccc(C(C)=O)cc1. The predicted molar refractivity (Wildman–Crippen MR) is 88.4 cm³/mol. The van der Waals surface area contributed by atoms with Gasteiger partial charge in [-0.05, 0) is 43.3 Å². The Hall–Kier alpha value is -3.15. The molecule has 2 aromatic carbocycles. The van der Waals surface area contributed by atoms with Crippen molar-refractivity contribution in [2.24, 2.45) is 0 Å². The minimum absolute atomic E-state index is 0.0568. The van der Waals surface area contributed by atoms with Gasteiger partial charge in [0.2, 0.25) is 0 Å². The van der Waals surface area contributed by atoms with Crippen LogP contribution in [0.4, 0.5) is 5.69 Å². The number of carbonyl (C=O) groups excluding carboxylic acids is 3. The number of rotatable bonds is 6. The lowest BCUT2D eigenvalue weighted by Crippen LogP contribution is -2.21. The number of carbonyl (C=O) groups is 3. The molecule has 6 nitrogen and oxygen atoms in total. The predicted octanol–water partition coefficient (Wildman–Crippen LogP) is 2.69. The summed E-state index contributed by atoms with van der Waals surface area (Å²) >= 11 is 0. The Morgan fingerprint density at radius 3 is 2.29 bits per heavy atom. The highest BCUT2D eigenvalue weighted by Gasteiger charge is 2.14. The summed E-state index contributed by atoms with van der Waals surface area (Å²) in [5.74, 6) is -0.801. The van der Waals surface area contributed by atoms with Gasteiger partial charge >= 0.3 is 5.97 Å². The number of para-hydroxylation sites is 1. The van der Waals surface area contributed by atoms with E-state index in [2.05, 4.69) is 5.32 Å². The Bertz CT molecular complexity index is 752. The van der Waals surface area contributed by atoms with Gasteiger partial charge < -0.3 is 14.8 Å². The lowest BCUT2D eigenvalue weighted by molar-refractivity contribution is -0.119. The molecule has 0 atom stereocenters. The van der Waals surface area contributed by atoms with E-state index < -0.39 is 18.5 Å². The molecule has 0 aromatic heterocycles. The van der Waals surface area contributed by atoms with Crippen molar-refractivity contribution in [3.8, 4) is 5.75 Å². The molecular formula is C18H17NO5. The molecule has 0 aliphatic rings. The number of hydrogen-bond donors (Lipinski definition) is 1. The van der Waals surface area contributed by atoms with Crippen molar-refractivity contribution < 1.29 is 23.9 Å². The molecule has 1 N–H and O–H groups in total. The molecule has 0 unspecified atom stereocenters. The minimum Gasteiger partial charge on any atom is -0.496 e.